The van der Waals surface area contributed by atoms with Crippen LogP contribution in [0.2, 0.25) is 0 Å². The third-order valence-electron chi connectivity index (χ3n) is 5.00. The van der Waals surface area contributed by atoms with E-state index in [0.717, 1.165) is 28.4 Å². The lowest BCUT2D eigenvalue weighted by molar-refractivity contribution is -0.116. The van der Waals surface area contributed by atoms with Crippen molar-refractivity contribution in [2.45, 2.75) is 19.4 Å². The number of hydrogen-bond donors (Lipinski definition) is 1. The average molecular weight is 415 g/mol. The van der Waals surface area contributed by atoms with Gasteiger partial charge in [-0.25, -0.2) is 4.98 Å². The third-order valence-corrected chi connectivity index (χ3v) is 5.00. The molecule has 0 aliphatic carbocycles. The van der Waals surface area contributed by atoms with Gasteiger partial charge in [-0.15, -0.1) is 0 Å². The van der Waals surface area contributed by atoms with Crippen molar-refractivity contribution in [1.29, 1.82) is 0 Å². The summed E-state index contributed by atoms with van der Waals surface area (Å²) in [6.45, 7) is 0.595. The molecular formula is C24H21N3O4. The standard InChI is InChI=1S/C24H21N3O4/c28-24(10-8-17-7-9-21-22(12-17)31-16-30-21)26-18-4-3-5-20(13-18)29-15-19-14-27-11-2-1-6-23(27)25-19/h1-7,9,11-14H,8,10,15-16H2,(H,26,28). The van der Waals surface area contributed by atoms with Gasteiger partial charge in [0.15, 0.2) is 11.5 Å². The topological polar surface area (TPSA) is 74.1 Å². The van der Waals surface area contributed by atoms with Gasteiger partial charge in [-0.2, -0.15) is 0 Å². The molecule has 3 heterocycles. The fourth-order valence-electron chi connectivity index (χ4n) is 3.46. The van der Waals surface area contributed by atoms with Crippen LogP contribution in [0.4, 0.5) is 5.69 Å². The molecule has 1 aliphatic heterocycles. The van der Waals surface area contributed by atoms with Gasteiger partial charge in [-0.1, -0.05) is 18.2 Å². The Kier molecular flexibility index (Phi) is 5.14. The van der Waals surface area contributed by atoms with Crippen LogP contribution in [0.3, 0.4) is 0 Å². The number of amides is 1. The van der Waals surface area contributed by atoms with E-state index in [4.69, 9.17) is 14.2 Å². The molecule has 0 saturated heterocycles. The zero-order valence-electron chi connectivity index (χ0n) is 16.8. The second kappa shape index (κ2) is 8.39. The minimum Gasteiger partial charge on any atom is -0.487 e. The van der Waals surface area contributed by atoms with Gasteiger partial charge in [0.25, 0.3) is 0 Å². The summed E-state index contributed by atoms with van der Waals surface area (Å²) in [5, 5.41) is 2.93. The first-order valence-corrected chi connectivity index (χ1v) is 10.1. The number of aryl methyl sites for hydroxylation is 1. The van der Waals surface area contributed by atoms with Gasteiger partial charge in [0.1, 0.15) is 18.0 Å². The van der Waals surface area contributed by atoms with E-state index in [-0.39, 0.29) is 12.7 Å². The van der Waals surface area contributed by atoms with E-state index in [1.54, 1.807) is 0 Å². The van der Waals surface area contributed by atoms with Gasteiger partial charge in [0, 0.05) is 30.6 Å². The van der Waals surface area contributed by atoms with Crippen LogP contribution in [0.15, 0.2) is 73.1 Å². The summed E-state index contributed by atoms with van der Waals surface area (Å²) in [6, 6.07) is 19.0. The molecule has 0 unspecified atom stereocenters. The number of ether oxygens (including phenoxy) is 3. The monoisotopic (exact) mass is 415 g/mol. The number of rotatable bonds is 7. The molecule has 1 N–H and O–H groups in total. The average Bonchev–Trinajstić information content (AvgIpc) is 3.42. The van der Waals surface area contributed by atoms with Crippen LogP contribution >= 0.6 is 0 Å². The number of carbonyl (C=O) groups is 1. The molecule has 7 nitrogen and oxygen atoms in total. The first-order valence-electron chi connectivity index (χ1n) is 10.1. The molecule has 2 aromatic carbocycles. The Morgan fingerprint density at radius 2 is 2.00 bits per heavy atom. The van der Waals surface area contributed by atoms with E-state index < -0.39 is 0 Å². The highest BCUT2D eigenvalue weighted by molar-refractivity contribution is 5.91. The fourth-order valence-corrected chi connectivity index (χ4v) is 3.46. The van der Waals surface area contributed by atoms with Crippen molar-refractivity contribution in [2.24, 2.45) is 0 Å². The Labute approximate surface area is 179 Å². The quantitative estimate of drug-likeness (QED) is 0.489. The van der Waals surface area contributed by atoms with Gasteiger partial charge in [-0.3, -0.25) is 4.79 Å². The summed E-state index contributed by atoms with van der Waals surface area (Å²) in [4.78, 5) is 16.9. The van der Waals surface area contributed by atoms with Crippen LogP contribution in [0, 0.1) is 0 Å². The van der Waals surface area contributed by atoms with Gasteiger partial charge < -0.3 is 23.9 Å². The summed E-state index contributed by atoms with van der Waals surface area (Å²) in [6.07, 6.45) is 4.88. The molecule has 4 aromatic rings. The molecule has 0 radical (unpaired) electrons. The van der Waals surface area contributed by atoms with E-state index in [1.165, 1.54) is 0 Å². The van der Waals surface area contributed by atoms with E-state index in [1.807, 2.05) is 77.5 Å². The van der Waals surface area contributed by atoms with Gasteiger partial charge in [0.05, 0.1) is 5.69 Å². The smallest absolute Gasteiger partial charge is 0.231 e. The zero-order valence-corrected chi connectivity index (χ0v) is 16.8. The molecule has 7 heteroatoms. The van der Waals surface area contributed by atoms with E-state index in [9.17, 15) is 4.79 Å². The molecule has 0 atom stereocenters. The fraction of sp³-hybridized carbons (Fsp3) is 0.167. The van der Waals surface area contributed by atoms with Crippen LogP contribution in [0.25, 0.3) is 5.65 Å². The number of hydrogen-bond acceptors (Lipinski definition) is 5. The first kappa shape index (κ1) is 19.0. The molecule has 0 bridgehead atoms. The van der Waals surface area contributed by atoms with Crippen molar-refractivity contribution in [1.82, 2.24) is 9.38 Å². The lowest BCUT2D eigenvalue weighted by atomic mass is 10.1. The molecule has 31 heavy (non-hydrogen) atoms. The van der Waals surface area contributed by atoms with Crippen molar-refractivity contribution in [3.05, 3.63) is 84.3 Å². The third kappa shape index (κ3) is 4.45. The highest BCUT2D eigenvalue weighted by atomic mass is 16.7. The van der Waals surface area contributed by atoms with Crippen LogP contribution in [0.1, 0.15) is 17.7 Å². The molecule has 156 valence electrons. The maximum absolute atomic E-state index is 12.4. The molecule has 2 aromatic heterocycles. The molecule has 0 fully saturated rings. The molecular weight excluding hydrogens is 394 g/mol. The lowest BCUT2D eigenvalue weighted by Gasteiger charge is -2.09. The number of nitrogens with zero attached hydrogens (tertiary/aromatic N) is 2. The number of benzene rings is 2. The van der Waals surface area contributed by atoms with E-state index in [0.29, 0.717) is 30.9 Å². The van der Waals surface area contributed by atoms with Crippen molar-refractivity contribution in [3.63, 3.8) is 0 Å². The molecule has 5 rings (SSSR count). The zero-order chi connectivity index (χ0) is 21.0. The van der Waals surface area contributed by atoms with E-state index >= 15 is 0 Å². The highest BCUT2D eigenvalue weighted by Gasteiger charge is 2.13. The molecule has 0 saturated carbocycles. The Hall–Kier alpha value is -4.00. The van der Waals surface area contributed by atoms with Crippen molar-refractivity contribution < 1.29 is 19.0 Å². The minimum atomic E-state index is -0.0600. The summed E-state index contributed by atoms with van der Waals surface area (Å²) in [7, 11) is 0. The Morgan fingerprint density at radius 1 is 1.06 bits per heavy atom. The van der Waals surface area contributed by atoms with E-state index in [2.05, 4.69) is 10.3 Å². The predicted molar refractivity (Wildman–Crippen MR) is 115 cm³/mol. The SMILES string of the molecule is O=C(CCc1ccc2c(c1)OCO2)Nc1cccc(OCc2cn3ccccc3n2)c1. The van der Waals surface area contributed by atoms with Crippen LogP contribution < -0.4 is 19.5 Å². The maximum Gasteiger partial charge on any atom is 0.231 e. The number of carbonyl (C=O) groups excluding carboxylic acids is 1. The summed E-state index contributed by atoms with van der Waals surface area (Å²) < 4.78 is 18.5. The largest absolute Gasteiger partial charge is 0.487 e. The van der Waals surface area contributed by atoms with Crippen LogP contribution in [0.5, 0.6) is 17.2 Å². The predicted octanol–water partition coefficient (Wildman–Crippen LogP) is 4.21. The lowest BCUT2D eigenvalue weighted by Crippen LogP contribution is -2.12. The second-order valence-corrected chi connectivity index (χ2v) is 7.25. The highest BCUT2D eigenvalue weighted by Crippen LogP contribution is 2.32. The Balaban J connectivity index is 1.15. The summed E-state index contributed by atoms with van der Waals surface area (Å²) >= 11 is 0. The van der Waals surface area contributed by atoms with Gasteiger partial charge >= 0.3 is 0 Å². The number of anilines is 1. The maximum atomic E-state index is 12.4. The Morgan fingerprint density at radius 3 is 2.94 bits per heavy atom. The number of imidazole rings is 1. The number of nitrogens with one attached hydrogen (secondary N) is 1. The van der Waals surface area contributed by atoms with Crippen molar-refractivity contribution in [3.8, 4) is 17.2 Å². The Bertz CT molecular complexity index is 1200. The second-order valence-electron chi connectivity index (χ2n) is 7.25. The number of aromatic nitrogens is 2. The molecule has 1 aliphatic rings. The van der Waals surface area contributed by atoms with Crippen LogP contribution in [-0.4, -0.2) is 22.1 Å². The minimum absolute atomic E-state index is 0.0600. The van der Waals surface area contributed by atoms with Crippen molar-refractivity contribution in [2.75, 3.05) is 12.1 Å². The normalized spacial score (nSPS) is 12.1. The van der Waals surface area contributed by atoms with Gasteiger partial charge in [0.2, 0.25) is 12.7 Å². The molecule has 1 amide bonds. The summed E-state index contributed by atoms with van der Waals surface area (Å²) in [5.41, 5.74) is 3.45. The van der Waals surface area contributed by atoms with Gasteiger partial charge in [-0.05, 0) is 48.4 Å². The van der Waals surface area contributed by atoms with Crippen LogP contribution in [-0.2, 0) is 17.8 Å². The molecule has 0 spiro atoms. The number of pyridine rings is 1. The number of fused-ring (bicyclic) bond motifs is 2. The first-order chi connectivity index (χ1) is 15.2. The van der Waals surface area contributed by atoms with Crippen molar-refractivity contribution >= 4 is 17.2 Å². The summed E-state index contributed by atoms with van der Waals surface area (Å²) in [5.74, 6) is 2.09.